The normalized spacial score (nSPS) is 26.7. The van der Waals surface area contributed by atoms with Crippen molar-refractivity contribution in [3.05, 3.63) is 131 Å². The van der Waals surface area contributed by atoms with E-state index in [1.807, 2.05) is 43.5 Å². The van der Waals surface area contributed by atoms with Crippen molar-refractivity contribution in [3.63, 3.8) is 0 Å². The summed E-state index contributed by atoms with van der Waals surface area (Å²) in [5, 5.41) is 70.5. The molecule has 10 unspecified atom stereocenters. The number of aryl methyl sites for hydroxylation is 1. The second-order valence-corrected chi connectivity index (χ2v) is 24.2. The number of nitrogens with zero attached hydrogens (tertiary/aromatic N) is 1. The van der Waals surface area contributed by atoms with Crippen LogP contribution in [0.1, 0.15) is 111 Å². The Labute approximate surface area is 477 Å². The number of phenols is 3. The van der Waals surface area contributed by atoms with Crippen LogP contribution in [0.15, 0.2) is 103 Å². The van der Waals surface area contributed by atoms with Crippen LogP contribution in [0.5, 0.6) is 28.7 Å². The first-order valence-corrected chi connectivity index (χ1v) is 29.2. The number of hydrogen-bond acceptors (Lipinski definition) is 12. The summed E-state index contributed by atoms with van der Waals surface area (Å²) in [7, 11) is 1.54. The number of aromatic hydroxyl groups is 3. The highest BCUT2D eigenvalue weighted by Gasteiger charge is 2.61. The smallest absolute Gasteiger partial charge is 0.318 e. The molecule has 3 aromatic heterocycles. The highest BCUT2D eigenvalue weighted by molar-refractivity contribution is 5.94. The van der Waals surface area contributed by atoms with Crippen molar-refractivity contribution >= 4 is 39.3 Å². The Bertz CT molecular complexity index is 3640. The Morgan fingerprint density at radius 3 is 2.60 bits per heavy atom. The molecule has 0 saturated heterocycles. The largest absolute Gasteiger partial charge is 0.508 e. The molecule has 7 aromatic rings. The third-order valence-corrected chi connectivity index (χ3v) is 19.0. The first-order valence-electron chi connectivity index (χ1n) is 29.2. The molecule has 4 aliphatic carbocycles. The van der Waals surface area contributed by atoms with E-state index in [9.17, 15) is 35.4 Å². The number of aliphatic hydroxyl groups excluding tert-OH is 3. The number of aromatic nitrogens is 3. The summed E-state index contributed by atoms with van der Waals surface area (Å²) in [6.07, 6.45) is 8.51. The molecule has 5 aliphatic rings. The van der Waals surface area contributed by atoms with Crippen molar-refractivity contribution < 1.29 is 54.4 Å². The lowest BCUT2D eigenvalue weighted by molar-refractivity contribution is -0.149. The highest BCUT2D eigenvalue weighted by atomic mass is 16.5. The first kappa shape index (κ1) is 55.1. The Hall–Kier alpha value is -7.48. The number of allylic oxidation sites excluding steroid dienone is 1. The predicted molar refractivity (Wildman–Crippen MR) is 313 cm³/mol. The molecule has 4 aromatic carbocycles. The number of H-pyrrole nitrogens is 2. The van der Waals surface area contributed by atoms with Gasteiger partial charge in [0.05, 0.1) is 48.3 Å². The number of carbonyl (C=O) groups is 2. The number of esters is 1. The van der Waals surface area contributed by atoms with Gasteiger partial charge in [0.15, 0.2) is 23.0 Å². The molecule has 82 heavy (non-hydrogen) atoms. The van der Waals surface area contributed by atoms with Crippen molar-refractivity contribution in [2.75, 3.05) is 26.9 Å². The van der Waals surface area contributed by atoms with Gasteiger partial charge in [-0.2, -0.15) is 0 Å². The van der Waals surface area contributed by atoms with E-state index in [0.717, 1.165) is 98.8 Å². The van der Waals surface area contributed by atoms with E-state index in [-0.39, 0.29) is 96.3 Å². The van der Waals surface area contributed by atoms with E-state index < -0.39 is 29.8 Å². The summed E-state index contributed by atoms with van der Waals surface area (Å²) in [4.78, 5) is 36.5. The molecule has 0 amide bonds. The number of fused-ring (bicyclic) bond motifs is 10. The molecule has 10 atom stereocenters. The maximum absolute atomic E-state index is 15.4. The maximum atomic E-state index is 15.4. The molecule has 1 aliphatic heterocycles. The number of rotatable bonds is 13. The second-order valence-electron chi connectivity index (χ2n) is 24.2. The van der Waals surface area contributed by atoms with Crippen LogP contribution < -0.4 is 14.8 Å². The van der Waals surface area contributed by atoms with Gasteiger partial charge in [-0.1, -0.05) is 54.3 Å². The van der Waals surface area contributed by atoms with E-state index in [0.29, 0.717) is 50.9 Å². The number of benzene rings is 4. The van der Waals surface area contributed by atoms with Gasteiger partial charge in [-0.05, 0) is 177 Å². The minimum Gasteiger partial charge on any atom is -0.508 e. The lowest BCUT2D eigenvalue weighted by atomic mass is 9.47. The number of nitrogens with one attached hydrogen (secondary N) is 3. The number of carbonyl (C=O) groups excluding carboxylic acids is 2. The predicted octanol–water partition coefficient (Wildman–Crippen LogP) is 9.98. The van der Waals surface area contributed by atoms with Crippen LogP contribution in [0.2, 0.25) is 0 Å². The zero-order chi connectivity index (χ0) is 56.9. The van der Waals surface area contributed by atoms with Gasteiger partial charge in [-0.3, -0.25) is 9.59 Å². The van der Waals surface area contributed by atoms with Crippen LogP contribution in [0.25, 0.3) is 38.8 Å². The number of ether oxygens (including phenoxy) is 3. The average molecular weight is 1110 g/mol. The number of cyclic esters (lactones) is 1. The molecule has 2 bridgehead atoms. The van der Waals surface area contributed by atoms with Crippen LogP contribution >= 0.6 is 0 Å². The number of β-amino-alcohol motifs (C(OH)–C–C–N with tert-alkyl or cyclic N) is 1. The molecule has 15 nitrogen and oxygen atoms in total. The van der Waals surface area contributed by atoms with E-state index in [4.69, 9.17) is 14.2 Å². The van der Waals surface area contributed by atoms with Gasteiger partial charge in [-0.25, -0.2) is 0 Å². The van der Waals surface area contributed by atoms with E-state index in [2.05, 4.69) is 62.0 Å². The zero-order valence-corrected chi connectivity index (χ0v) is 46.6. The number of ketones is 1. The summed E-state index contributed by atoms with van der Waals surface area (Å²) >= 11 is 0. The summed E-state index contributed by atoms with van der Waals surface area (Å²) < 4.78 is 20.1. The molecule has 9 N–H and O–H groups in total. The molecule has 3 saturated carbocycles. The fourth-order valence-electron chi connectivity index (χ4n) is 15.6. The number of hydrogen-bond donors (Lipinski definition) is 9. The topological polar surface area (TPSA) is 232 Å². The molecule has 3 fully saturated rings. The van der Waals surface area contributed by atoms with Crippen molar-refractivity contribution in [1.82, 2.24) is 19.9 Å². The molecule has 0 radical (unpaired) electrons. The molecule has 12 rings (SSSR count). The minimum absolute atomic E-state index is 0.00336. The molecule has 428 valence electrons. The van der Waals surface area contributed by atoms with Gasteiger partial charge in [0, 0.05) is 66.1 Å². The maximum Gasteiger partial charge on any atom is 0.318 e. The van der Waals surface area contributed by atoms with Crippen LogP contribution in [0.4, 0.5) is 0 Å². The number of Topliss-reactive ketones (excluding diaryl/α,β-unsaturated/α-hetero) is 1. The number of aromatic amines is 2. The quantitative estimate of drug-likeness (QED) is 0.0388. The lowest BCUT2D eigenvalue weighted by Gasteiger charge is -2.57. The van der Waals surface area contributed by atoms with E-state index >= 15 is 4.79 Å². The van der Waals surface area contributed by atoms with Crippen molar-refractivity contribution in [1.29, 1.82) is 0 Å². The second kappa shape index (κ2) is 22.7. The van der Waals surface area contributed by atoms with Crippen molar-refractivity contribution in [2.45, 2.75) is 127 Å². The molecular weight excluding hydrogens is 1040 g/mol. The minimum atomic E-state index is -0.802. The van der Waals surface area contributed by atoms with Gasteiger partial charge in [0.2, 0.25) is 0 Å². The van der Waals surface area contributed by atoms with Crippen molar-refractivity contribution in [2.24, 2.45) is 29.1 Å². The monoisotopic (exact) mass is 1110 g/mol. The number of phenolic OH excluding ortho intramolecular Hbond substituents is 3. The Kier molecular flexibility index (Phi) is 15.2. The van der Waals surface area contributed by atoms with Crippen molar-refractivity contribution in [3.8, 4) is 51.8 Å². The molecular formula is C67H74N4O11. The summed E-state index contributed by atoms with van der Waals surface area (Å²) in [6.45, 7) is 2.56. The van der Waals surface area contributed by atoms with Crippen LogP contribution in [0, 0.1) is 40.9 Å². The number of aliphatic hydroxyl groups is 3. The summed E-state index contributed by atoms with van der Waals surface area (Å²) in [5.74, 6) is 5.97. The lowest BCUT2D eigenvalue weighted by Crippen LogP contribution is -2.54. The van der Waals surface area contributed by atoms with Crippen LogP contribution in [-0.4, -0.2) is 108 Å². The first-order chi connectivity index (χ1) is 39.7. The van der Waals surface area contributed by atoms with E-state index in [1.165, 1.54) is 6.07 Å². The Balaban J connectivity index is 0.997. The third-order valence-electron chi connectivity index (χ3n) is 19.0. The average Bonchev–Trinajstić information content (AvgIpc) is 3.09. The fourth-order valence-corrected chi connectivity index (χ4v) is 15.6. The van der Waals surface area contributed by atoms with Crippen LogP contribution in [-0.2, 0) is 33.7 Å². The van der Waals surface area contributed by atoms with Gasteiger partial charge in [-0.15, -0.1) is 0 Å². The molecule has 15 heteroatoms. The summed E-state index contributed by atoms with van der Waals surface area (Å²) in [5.41, 5.74) is 9.20. The van der Waals surface area contributed by atoms with E-state index in [1.54, 1.807) is 37.4 Å². The van der Waals surface area contributed by atoms with Gasteiger partial charge < -0.3 is 64.7 Å². The summed E-state index contributed by atoms with van der Waals surface area (Å²) in [6, 6.07) is 28.5. The van der Waals surface area contributed by atoms with Gasteiger partial charge in [0.25, 0.3) is 0 Å². The standard InChI is InChI=1S/C67H74N4O11/c1-39(73)36-69-67(38-71-57-20-23-68-56(57)34-58(71)41-8-7-9-43(74)27-41)22-21-66(37-67)35-42-28-53-50-32-60(78)61(80-2)33-51(50)52(64(42)49-18-16-44(75)31-54(49)66)30-45(76)29-46(17-14-40-15-19-59(77)62(26-40)81-25-24-72)82-63(79)13-6-4-11-48-47-10-3-5-12-55(47)70-65(48)53/h3,5,7-10,12,15,19-20,23,26-28,32-34,39,42,44,46,49,52,54,64,68-70,72-75,77-78H,11,13-14,16-18,21-22,24-25,29-31,35-38H2,1-2H3. The number of para-hydroxylation sites is 1. The SMILES string of the molecule is COc1cc2c(cc1O)C1=CC3CC4(CCC(Cn5c(-c6cccc(O)c6)cc6[nH]ccc65)(NCC(C)O)C4)C4CC(O)CCC4C3C2CC(=O)CC(CCc2ccc(O)c(OCCO)c2)OC(=O)CC#CCc2c1[nH]c1ccccc21. The number of methoxy groups -OCH3 is 1. The Morgan fingerprint density at radius 1 is 0.915 bits per heavy atom. The zero-order valence-electron chi connectivity index (χ0n) is 46.6. The highest BCUT2D eigenvalue weighted by Crippen LogP contribution is 2.67. The third kappa shape index (κ3) is 10.7. The van der Waals surface area contributed by atoms with Crippen LogP contribution in [0.3, 0.4) is 0 Å². The van der Waals surface area contributed by atoms with Gasteiger partial charge >= 0.3 is 5.97 Å². The molecule has 1 spiro atoms. The molecule has 4 heterocycles. The van der Waals surface area contributed by atoms with Gasteiger partial charge in [0.1, 0.15) is 30.7 Å². The Morgan fingerprint density at radius 2 is 1.77 bits per heavy atom. The fraction of sp³-hybridized carbons (Fsp3) is 0.433.